The van der Waals surface area contributed by atoms with Crippen LogP contribution in [-0.2, 0) is 41.5 Å². The Hall–Kier alpha value is -1.53. The summed E-state index contributed by atoms with van der Waals surface area (Å²) < 4.78 is 1.80. The molecule has 3 aliphatic rings. The van der Waals surface area contributed by atoms with Crippen molar-refractivity contribution >= 4 is 8.78 Å². The molecule has 0 aliphatic heterocycles. The second-order valence-electron chi connectivity index (χ2n) is 13.6. The molecule has 1 unspecified atom stereocenters. The van der Waals surface area contributed by atoms with E-state index in [-0.39, 0.29) is 35.6 Å². The number of rotatable bonds is 1. The van der Waals surface area contributed by atoms with E-state index in [0.29, 0.717) is 5.92 Å². The maximum atomic E-state index is 3.67. The summed E-state index contributed by atoms with van der Waals surface area (Å²) >= 11 is 1.69. The van der Waals surface area contributed by atoms with E-state index >= 15 is 0 Å². The molecule has 0 spiro atoms. The summed E-state index contributed by atoms with van der Waals surface area (Å²) in [7, 11) is 0. The van der Waals surface area contributed by atoms with Crippen LogP contribution in [0.15, 0.2) is 72.8 Å². The number of hydrogen-bond acceptors (Lipinski definition) is 0. The third-order valence-corrected chi connectivity index (χ3v) is 9.19. The van der Waals surface area contributed by atoms with Gasteiger partial charge in [0.15, 0.2) is 0 Å². The van der Waals surface area contributed by atoms with Gasteiger partial charge in [0.25, 0.3) is 0 Å². The van der Waals surface area contributed by atoms with Crippen LogP contribution in [0.1, 0.15) is 108 Å². The van der Waals surface area contributed by atoms with E-state index in [2.05, 4.69) is 127 Å². The Kier molecular flexibility index (Phi) is 13.9. The molecule has 0 saturated heterocycles. The van der Waals surface area contributed by atoms with Crippen molar-refractivity contribution in [3.05, 3.63) is 113 Å². The third kappa shape index (κ3) is 10.0. The zero-order valence-corrected chi connectivity index (χ0v) is 30.5. The Balaban J connectivity index is 0.000000248. The predicted octanol–water partition coefficient (Wildman–Crippen LogP) is 4.41. The van der Waals surface area contributed by atoms with Gasteiger partial charge in [-0.2, -0.15) is 35.4 Å². The van der Waals surface area contributed by atoms with Gasteiger partial charge in [0.2, 0.25) is 0 Å². The van der Waals surface area contributed by atoms with Gasteiger partial charge in [0, 0.05) is 0 Å². The van der Waals surface area contributed by atoms with E-state index in [9.17, 15) is 0 Å². The van der Waals surface area contributed by atoms with Crippen molar-refractivity contribution in [3.8, 4) is 11.1 Å². The van der Waals surface area contributed by atoms with Crippen LogP contribution in [0.25, 0.3) is 16.7 Å². The average Bonchev–Trinajstić information content (AvgIpc) is 3.52. The second kappa shape index (κ2) is 16.0. The summed E-state index contributed by atoms with van der Waals surface area (Å²) in [5, 5.41) is 0. The van der Waals surface area contributed by atoms with Crippen LogP contribution in [-0.4, -0.2) is 3.21 Å². The fourth-order valence-electron chi connectivity index (χ4n) is 5.40. The van der Waals surface area contributed by atoms with E-state index in [4.69, 9.17) is 0 Å². The van der Waals surface area contributed by atoms with Gasteiger partial charge >= 0.3 is 59.5 Å². The molecule has 3 aromatic carbocycles. The first kappa shape index (κ1) is 36.7. The van der Waals surface area contributed by atoms with Gasteiger partial charge in [-0.15, -0.1) is 16.7 Å². The predicted molar refractivity (Wildman–Crippen MR) is 170 cm³/mol. The standard InChI is InChI=1S/C21H25.C12H11.C6H10.2ClH.Zr/c1-20(2,3)16-7-9-18-14(12-16)11-15-13-17(21(4,5)6)8-10-19(15)18;1-10-7-8-12(9-10)11-5-3-2-4-6-11;1-2-4-6-5-3-1;;;/h7-10,12H,11H2,1-6H3;2-6,8-10H,1H3;1-5H2;2*1H;/q2*-1;;;;+2/p-2. The van der Waals surface area contributed by atoms with Gasteiger partial charge < -0.3 is 24.8 Å². The number of hydrogen-bond donors (Lipinski definition) is 0. The monoisotopic (exact) mass is 674 g/mol. The van der Waals surface area contributed by atoms with Crippen molar-refractivity contribution in [3.63, 3.8) is 0 Å². The molecule has 3 aromatic rings. The summed E-state index contributed by atoms with van der Waals surface area (Å²) in [6.07, 6.45) is 15.9. The van der Waals surface area contributed by atoms with Crippen LogP contribution in [0.2, 0.25) is 0 Å². The molecule has 0 aromatic heterocycles. The summed E-state index contributed by atoms with van der Waals surface area (Å²) in [6, 6.07) is 25.6. The van der Waals surface area contributed by atoms with E-state index in [1.54, 1.807) is 27.4 Å². The molecule has 222 valence electrons. The van der Waals surface area contributed by atoms with Crippen LogP contribution in [0.4, 0.5) is 0 Å². The second-order valence-corrected chi connectivity index (χ2v) is 15.3. The van der Waals surface area contributed by atoms with Crippen LogP contribution in [0.3, 0.4) is 0 Å². The van der Waals surface area contributed by atoms with Crippen LogP contribution in [0.5, 0.6) is 0 Å². The van der Waals surface area contributed by atoms with E-state index in [0.717, 1.165) is 6.42 Å². The molecular weight excluding hydrogens is 631 g/mol. The minimum atomic E-state index is 0. The van der Waals surface area contributed by atoms with Gasteiger partial charge in [0.1, 0.15) is 0 Å². The Morgan fingerprint density at radius 1 is 0.762 bits per heavy atom. The third-order valence-electron chi connectivity index (χ3n) is 7.96. The maximum absolute atomic E-state index is 3.67. The fourth-order valence-corrected chi connectivity index (χ4v) is 6.27. The molecule has 0 heterocycles. The molecule has 1 saturated carbocycles. The van der Waals surface area contributed by atoms with Gasteiger partial charge in [-0.3, -0.25) is 6.08 Å². The van der Waals surface area contributed by atoms with Crippen molar-refractivity contribution in [2.75, 3.05) is 0 Å². The van der Waals surface area contributed by atoms with E-state index in [1.165, 1.54) is 76.6 Å². The topological polar surface area (TPSA) is 0 Å². The average molecular weight is 677 g/mol. The molecule has 6 rings (SSSR count). The molecule has 1 atom stereocenters. The van der Waals surface area contributed by atoms with Crippen LogP contribution < -0.4 is 24.8 Å². The molecule has 42 heavy (non-hydrogen) atoms. The van der Waals surface area contributed by atoms with E-state index in [1.807, 2.05) is 6.07 Å². The number of fused-ring (bicyclic) bond motifs is 3. The Labute approximate surface area is 283 Å². The van der Waals surface area contributed by atoms with Gasteiger partial charge in [-0.05, 0) is 28.4 Å². The summed E-state index contributed by atoms with van der Waals surface area (Å²) in [4.78, 5) is 0. The first-order valence-corrected chi connectivity index (χ1v) is 16.3. The molecule has 0 amide bonds. The van der Waals surface area contributed by atoms with E-state index < -0.39 is 0 Å². The van der Waals surface area contributed by atoms with Gasteiger partial charge in [-0.25, -0.2) is 6.08 Å². The van der Waals surface area contributed by atoms with Crippen molar-refractivity contribution in [1.29, 1.82) is 0 Å². The summed E-state index contributed by atoms with van der Waals surface area (Å²) in [5.74, 6) is 0.472. The molecule has 0 bridgehead atoms. The molecular formula is C39H46Cl2Zr-2. The normalized spacial score (nSPS) is 16.8. The Morgan fingerprint density at radius 2 is 1.40 bits per heavy atom. The Morgan fingerprint density at radius 3 is 1.93 bits per heavy atom. The number of halogens is 2. The molecule has 3 aliphatic carbocycles. The quantitative estimate of drug-likeness (QED) is 0.263. The first-order chi connectivity index (χ1) is 18.9. The van der Waals surface area contributed by atoms with Crippen molar-refractivity contribution in [2.24, 2.45) is 5.92 Å². The minimum absolute atomic E-state index is 0. The Bertz CT molecular complexity index is 1310. The number of allylic oxidation sites excluding steroid dienone is 4. The van der Waals surface area contributed by atoms with Crippen molar-refractivity contribution < 1.29 is 49.0 Å². The van der Waals surface area contributed by atoms with Crippen molar-refractivity contribution in [1.82, 2.24) is 0 Å². The summed E-state index contributed by atoms with van der Waals surface area (Å²) in [6.45, 7) is 15.7. The van der Waals surface area contributed by atoms with Gasteiger partial charge in [0.05, 0.1) is 0 Å². The van der Waals surface area contributed by atoms with Gasteiger partial charge in [-0.1, -0.05) is 108 Å². The zero-order valence-electron chi connectivity index (χ0n) is 26.5. The summed E-state index contributed by atoms with van der Waals surface area (Å²) in [5.41, 5.74) is 11.3. The molecule has 3 heteroatoms. The van der Waals surface area contributed by atoms with Crippen molar-refractivity contribution in [2.45, 2.75) is 97.8 Å². The van der Waals surface area contributed by atoms with Crippen LogP contribution in [0, 0.1) is 18.1 Å². The molecule has 0 radical (unpaired) electrons. The SMILES string of the molecule is CC(C)(C)c1[c-]c2c(cc1)-c1ccc(C(C)(C)C)cc1C2.CC1[C-]=CC(c2ccccc2)=C1.[Cl-].[Cl-].[Zr+2]=[C]1CCCCC1. The zero-order chi connectivity index (χ0) is 28.9. The van der Waals surface area contributed by atoms with Crippen LogP contribution >= 0.6 is 0 Å². The molecule has 0 nitrogen and oxygen atoms in total. The fraction of sp³-hybridized carbons (Fsp3) is 0.410. The first-order valence-electron chi connectivity index (χ1n) is 15.0. The number of benzene rings is 3. The molecule has 1 fully saturated rings. The molecule has 0 N–H and O–H groups in total.